The van der Waals surface area contributed by atoms with E-state index in [4.69, 9.17) is 9.05 Å². The van der Waals surface area contributed by atoms with Crippen LogP contribution in [-0.2, 0) is 13.6 Å². The Labute approximate surface area is 118 Å². The third-order valence-electron chi connectivity index (χ3n) is 2.73. The normalized spacial score (nSPS) is 15.4. The number of rotatable bonds is 12. The lowest BCUT2D eigenvalue weighted by Gasteiger charge is -2.23. The Morgan fingerprint density at radius 3 is 1.95 bits per heavy atom. The van der Waals surface area contributed by atoms with Gasteiger partial charge in [0.05, 0.1) is 40.9 Å². The van der Waals surface area contributed by atoms with E-state index in [1.165, 1.54) is 0 Å². The molecular weight excluding hydrogens is 265 g/mol. The molecule has 116 valence electrons. The van der Waals surface area contributed by atoms with Crippen molar-refractivity contribution in [1.29, 1.82) is 0 Å². The summed E-state index contributed by atoms with van der Waals surface area (Å²) in [4.78, 5) is 9.44. The molecule has 0 aromatic carbocycles. The Bertz CT molecular complexity index is 266. The second kappa shape index (κ2) is 9.89. The molecule has 0 aliphatic rings. The van der Waals surface area contributed by atoms with Crippen LogP contribution < -0.4 is 0 Å². The molecule has 0 bridgehead atoms. The lowest BCUT2D eigenvalue weighted by molar-refractivity contribution is -0.870. The predicted molar refractivity (Wildman–Crippen MR) is 78.0 cm³/mol. The number of unbranched alkanes of at least 4 members (excludes halogenated alkanes) is 4. The molecule has 0 radical (unpaired) electrons. The van der Waals surface area contributed by atoms with E-state index in [9.17, 15) is 9.46 Å². The molecule has 6 heteroatoms. The zero-order valence-corrected chi connectivity index (χ0v) is 13.8. The summed E-state index contributed by atoms with van der Waals surface area (Å²) in [6.07, 6.45) is 5.85. The van der Waals surface area contributed by atoms with Crippen molar-refractivity contribution in [2.45, 2.75) is 45.4 Å². The highest BCUT2D eigenvalue weighted by Crippen LogP contribution is 2.43. The number of hydrogen-bond acceptors (Lipinski definition) is 3. The largest absolute Gasteiger partial charge is 0.472 e. The van der Waals surface area contributed by atoms with Crippen LogP contribution in [0.25, 0.3) is 0 Å². The number of nitrogens with zero attached hydrogens (tertiary/aromatic N) is 1. The van der Waals surface area contributed by atoms with Gasteiger partial charge in [-0.25, -0.2) is 4.57 Å². The minimum Gasteiger partial charge on any atom is -0.331 e. The summed E-state index contributed by atoms with van der Waals surface area (Å²) in [7, 11) is 2.54. The van der Waals surface area contributed by atoms with E-state index < -0.39 is 7.82 Å². The highest BCUT2D eigenvalue weighted by atomic mass is 31.2. The first-order valence-electron chi connectivity index (χ1n) is 7.19. The van der Waals surface area contributed by atoms with Crippen molar-refractivity contribution in [3.63, 3.8) is 0 Å². The summed E-state index contributed by atoms with van der Waals surface area (Å²) in [5.41, 5.74) is 0. The third-order valence-corrected chi connectivity index (χ3v) is 3.75. The second-order valence-corrected chi connectivity index (χ2v) is 7.37. The van der Waals surface area contributed by atoms with E-state index in [-0.39, 0.29) is 6.61 Å². The van der Waals surface area contributed by atoms with Gasteiger partial charge < -0.3 is 9.38 Å². The van der Waals surface area contributed by atoms with Crippen LogP contribution in [0.15, 0.2) is 0 Å². The molecule has 0 amide bonds. The van der Waals surface area contributed by atoms with Crippen molar-refractivity contribution in [3.8, 4) is 0 Å². The molecule has 0 aromatic rings. The molecule has 0 aliphatic carbocycles. The van der Waals surface area contributed by atoms with Crippen LogP contribution in [0, 0.1) is 0 Å². The van der Waals surface area contributed by atoms with Crippen LogP contribution in [0.3, 0.4) is 0 Å². The molecule has 0 saturated carbocycles. The van der Waals surface area contributed by atoms with Crippen LogP contribution in [0.2, 0.25) is 0 Å². The molecule has 0 spiro atoms. The van der Waals surface area contributed by atoms with Gasteiger partial charge in [-0.2, -0.15) is 0 Å². The van der Waals surface area contributed by atoms with Gasteiger partial charge in [0.25, 0.3) is 0 Å². The third kappa shape index (κ3) is 14.3. The van der Waals surface area contributed by atoms with E-state index in [1.807, 2.05) is 0 Å². The monoisotopic (exact) mass is 296 g/mol. The number of phosphoric ester groups is 1. The quantitative estimate of drug-likeness (QED) is 0.341. The minimum absolute atomic E-state index is 0.280. The van der Waals surface area contributed by atoms with E-state index in [1.54, 1.807) is 0 Å². The fourth-order valence-corrected chi connectivity index (χ4v) is 2.41. The van der Waals surface area contributed by atoms with Gasteiger partial charge in [0.2, 0.25) is 0 Å². The molecule has 5 nitrogen and oxygen atoms in total. The Balaban J connectivity index is 3.54. The van der Waals surface area contributed by atoms with E-state index in [2.05, 4.69) is 28.1 Å². The maximum atomic E-state index is 11.5. The predicted octanol–water partition coefficient (Wildman–Crippen LogP) is 3.19. The van der Waals surface area contributed by atoms with Crippen molar-refractivity contribution in [1.82, 2.24) is 0 Å². The first kappa shape index (κ1) is 19.1. The molecule has 19 heavy (non-hydrogen) atoms. The van der Waals surface area contributed by atoms with Crippen molar-refractivity contribution in [2.24, 2.45) is 0 Å². The van der Waals surface area contributed by atoms with Gasteiger partial charge in [-0.05, 0) is 19.3 Å². The molecule has 0 heterocycles. The molecule has 0 aromatic heterocycles. The Kier molecular flexibility index (Phi) is 9.93. The molecule has 0 rings (SSSR count). The van der Waals surface area contributed by atoms with Gasteiger partial charge in [0.1, 0.15) is 0 Å². The van der Waals surface area contributed by atoms with Crippen LogP contribution in [0.5, 0.6) is 0 Å². The van der Waals surface area contributed by atoms with Gasteiger partial charge in [0, 0.05) is 0 Å². The summed E-state index contributed by atoms with van der Waals surface area (Å²) in [6, 6.07) is 0. The van der Waals surface area contributed by atoms with Gasteiger partial charge in [-0.1, -0.05) is 26.2 Å². The molecule has 1 atom stereocenters. The molecule has 0 fully saturated rings. The maximum absolute atomic E-state index is 11.5. The van der Waals surface area contributed by atoms with E-state index in [0.29, 0.717) is 6.61 Å². The summed E-state index contributed by atoms with van der Waals surface area (Å²) in [5, 5.41) is 0. The molecule has 1 N–H and O–H groups in total. The smallest absolute Gasteiger partial charge is 0.331 e. The average molecular weight is 296 g/mol. The summed E-state index contributed by atoms with van der Waals surface area (Å²) in [5.74, 6) is 0. The highest BCUT2D eigenvalue weighted by Gasteiger charge is 2.20. The first-order chi connectivity index (χ1) is 8.77. The van der Waals surface area contributed by atoms with Crippen molar-refractivity contribution < 1.29 is 23.0 Å². The Morgan fingerprint density at radius 1 is 0.947 bits per heavy atom. The van der Waals surface area contributed by atoms with Crippen molar-refractivity contribution in [3.05, 3.63) is 0 Å². The number of quaternary nitrogens is 1. The average Bonchev–Trinajstić information content (AvgIpc) is 2.26. The maximum Gasteiger partial charge on any atom is 0.472 e. The van der Waals surface area contributed by atoms with Crippen LogP contribution in [0.4, 0.5) is 0 Å². The summed E-state index contributed by atoms with van der Waals surface area (Å²) < 4.78 is 22.2. The van der Waals surface area contributed by atoms with E-state index in [0.717, 1.165) is 49.6 Å². The van der Waals surface area contributed by atoms with E-state index >= 15 is 0 Å². The van der Waals surface area contributed by atoms with Crippen molar-refractivity contribution in [2.75, 3.05) is 40.9 Å². The first-order valence-corrected chi connectivity index (χ1v) is 8.69. The van der Waals surface area contributed by atoms with Crippen LogP contribution >= 0.6 is 7.82 Å². The fraction of sp³-hybridized carbons (Fsp3) is 1.00. The SMILES string of the molecule is CCCCCCOP(=O)(O)OCCCC[N+](C)(C)C. The van der Waals surface area contributed by atoms with Crippen LogP contribution in [0.1, 0.15) is 45.4 Å². The number of hydrogen-bond donors (Lipinski definition) is 1. The Morgan fingerprint density at radius 2 is 1.47 bits per heavy atom. The van der Waals surface area contributed by atoms with Gasteiger partial charge in [0.15, 0.2) is 0 Å². The molecular formula is C13H31NO4P+. The minimum atomic E-state index is -3.83. The Hall–Kier alpha value is 0.0700. The summed E-state index contributed by atoms with van der Waals surface area (Å²) in [6.45, 7) is 3.73. The fourth-order valence-electron chi connectivity index (χ4n) is 1.61. The van der Waals surface area contributed by atoms with Crippen molar-refractivity contribution >= 4 is 7.82 Å². The molecule has 0 aliphatic heterocycles. The van der Waals surface area contributed by atoms with Gasteiger partial charge in [-0.15, -0.1) is 0 Å². The summed E-state index contributed by atoms with van der Waals surface area (Å²) >= 11 is 0. The topological polar surface area (TPSA) is 55.8 Å². The zero-order valence-electron chi connectivity index (χ0n) is 12.9. The lowest BCUT2D eigenvalue weighted by atomic mass is 10.2. The van der Waals surface area contributed by atoms with Gasteiger partial charge in [-0.3, -0.25) is 9.05 Å². The standard InChI is InChI=1S/C13H30NO4P/c1-5-6-7-9-12-17-19(15,16)18-13-10-8-11-14(2,3)4/h5-13H2,1-4H3/p+1. The lowest BCUT2D eigenvalue weighted by Crippen LogP contribution is -2.35. The highest BCUT2D eigenvalue weighted by molar-refractivity contribution is 7.47. The molecule has 1 unspecified atom stereocenters. The molecule has 0 saturated heterocycles. The van der Waals surface area contributed by atoms with Gasteiger partial charge >= 0.3 is 7.82 Å². The number of phosphoric acid groups is 1. The zero-order chi connectivity index (χ0) is 14.8. The van der Waals surface area contributed by atoms with Crippen LogP contribution in [-0.4, -0.2) is 50.3 Å². The second-order valence-electron chi connectivity index (χ2n) is 5.92.